The van der Waals surface area contributed by atoms with Crippen LogP contribution in [0.1, 0.15) is 28.7 Å². The predicted octanol–water partition coefficient (Wildman–Crippen LogP) is 1.61. The fraction of sp³-hybridized carbons (Fsp3) is 0.267. The average Bonchev–Trinajstić information content (AvgIpc) is 2.86. The average molecular weight is 303 g/mol. The highest BCUT2D eigenvalue weighted by Crippen LogP contribution is 2.26. The van der Waals surface area contributed by atoms with Gasteiger partial charge in [0.15, 0.2) is 5.69 Å². The SMILES string of the molecule is CC(=O)N1CCc2c(c(C(=O)O)nn2-c2ccccc2F)C1. The molecule has 7 heteroatoms. The number of aromatic carboxylic acids is 1. The highest BCUT2D eigenvalue weighted by molar-refractivity contribution is 5.88. The maximum Gasteiger partial charge on any atom is 0.356 e. The van der Waals surface area contributed by atoms with Gasteiger partial charge >= 0.3 is 5.97 Å². The van der Waals surface area contributed by atoms with Gasteiger partial charge in [-0.1, -0.05) is 12.1 Å². The Labute approximate surface area is 125 Å². The normalized spacial score (nSPS) is 13.8. The molecular formula is C15H14FN3O3. The summed E-state index contributed by atoms with van der Waals surface area (Å²) in [4.78, 5) is 24.5. The number of nitrogens with zero attached hydrogens (tertiary/aromatic N) is 3. The number of hydrogen-bond acceptors (Lipinski definition) is 3. The number of amides is 1. The molecule has 0 atom stereocenters. The number of carbonyl (C=O) groups is 2. The maximum absolute atomic E-state index is 14.0. The van der Waals surface area contributed by atoms with Crippen molar-refractivity contribution in [1.29, 1.82) is 0 Å². The molecule has 0 spiro atoms. The van der Waals surface area contributed by atoms with Gasteiger partial charge in [-0.25, -0.2) is 13.9 Å². The summed E-state index contributed by atoms with van der Waals surface area (Å²) in [6, 6.07) is 6.07. The standard InChI is InChI=1S/C15H14FN3O3/c1-9(20)18-7-6-12-10(8-18)14(15(21)22)17-19(12)13-5-3-2-4-11(13)16/h2-5H,6-8H2,1H3,(H,21,22). The van der Waals surface area contributed by atoms with Gasteiger partial charge in [0, 0.05) is 32.0 Å². The van der Waals surface area contributed by atoms with E-state index in [9.17, 15) is 19.1 Å². The lowest BCUT2D eigenvalue weighted by atomic mass is 10.0. The number of fused-ring (bicyclic) bond motifs is 1. The van der Waals surface area contributed by atoms with Crippen LogP contribution in [0.15, 0.2) is 24.3 Å². The van der Waals surface area contributed by atoms with E-state index < -0.39 is 11.8 Å². The molecule has 0 unspecified atom stereocenters. The van der Waals surface area contributed by atoms with Crippen molar-refractivity contribution < 1.29 is 19.1 Å². The highest BCUT2D eigenvalue weighted by atomic mass is 19.1. The molecule has 1 amide bonds. The summed E-state index contributed by atoms with van der Waals surface area (Å²) in [5.74, 6) is -1.78. The third-order valence-corrected chi connectivity index (χ3v) is 3.79. The first-order valence-corrected chi connectivity index (χ1v) is 6.83. The zero-order valence-electron chi connectivity index (χ0n) is 11.9. The Hall–Kier alpha value is -2.70. The molecule has 0 radical (unpaired) electrons. The topological polar surface area (TPSA) is 75.4 Å². The van der Waals surface area contributed by atoms with Gasteiger partial charge in [0.05, 0.1) is 5.69 Å². The van der Waals surface area contributed by atoms with Gasteiger partial charge in [0.2, 0.25) is 5.91 Å². The number of halogens is 1. The minimum absolute atomic E-state index is 0.124. The first-order valence-electron chi connectivity index (χ1n) is 6.83. The largest absolute Gasteiger partial charge is 0.476 e. The van der Waals surface area contributed by atoms with Crippen LogP contribution in [0.5, 0.6) is 0 Å². The summed E-state index contributed by atoms with van der Waals surface area (Å²) >= 11 is 0. The Morgan fingerprint density at radius 1 is 1.32 bits per heavy atom. The number of rotatable bonds is 2. The second-order valence-electron chi connectivity index (χ2n) is 5.13. The zero-order valence-corrected chi connectivity index (χ0v) is 11.9. The fourth-order valence-corrected chi connectivity index (χ4v) is 2.68. The van der Waals surface area contributed by atoms with E-state index in [1.54, 1.807) is 23.1 Å². The number of aromatic nitrogens is 2. The van der Waals surface area contributed by atoms with Gasteiger partial charge in [0.25, 0.3) is 0 Å². The molecule has 0 aliphatic carbocycles. The van der Waals surface area contributed by atoms with E-state index in [0.29, 0.717) is 24.2 Å². The van der Waals surface area contributed by atoms with Crippen molar-refractivity contribution in [2.24, 2.45) is 0 Å². The van der Waals surface area contributed by atoms with Gasteiger partial charge in [-0.2, -0.15) is 5.10 Å². The molecule has 1 aromatic heterocycles. The van der Waals surface area contributed by atoms with Crippen molar-refractivity contribution in [3.8, 4) is 5.69 Å². The van der Waals surface area contributed by atoms with E-state index in [0.717, 1.165) is 0 Å². The monoisotopic (exact) mass is 303 g/mol. The Bertz CT molecular complexity index is 769. The first-order chi connectivity index (χ1) is 10.5. The molecule has 22 heavy (non-hydrogen) atoms. The summed E-state index contributed by atoms with van der Waals surface area (Å²) in [6.45, 7) is 2.08. The summed E-state index contributed by atoms with van der Waals surface area (Å²) in [6.07, 6.45) is 0.434. The van der Waals surface area contributed by atoms with E-state index in [2.05, 4.69) is 5.10 Å². The summed E-state index contributed by atoms with van der Waals surface area (Å²) in [7, 11) is 0. The lowest BCUT2D eigenvalue weighted by molar-refractivity contribution is -0.129. The molecule has 0 fully saturated rings. The van der Waals surface area contributed by atoms with Crippen molar-refractivity contribution in [1.82, 2.24) is 14.7 Å². The highest BCUT2D eigenvalue weighted by Gasteiger charge is 2.29. The van der Waals surface area contributed by atoms with E-state index in [1.807, 2.05) is 0 Å². The van der Waals surface area contributed by atoms with Crippen LogP contribution in [-0.2, 0) is 17.8 Å². The molecule has 0 bridgehead atoms. The molecule has 114 valence electrons. The number of carboxylic acids is 1. The van der Waals surface area contributed by atoms with Gasteiger partial charge in [0.1, 0.15) is 11.5 Å². The third kappa shape index (κ3) is 2.24. The molecule has 1 aromatic carbocycles. The number of benzene rings is 1. The first kappa shape index (κ1) is 14.2. The molecule has 2 aromatic rings. The second-order valence-corrected chi connectivity index (χ2v) is 5.13. The van der Waals surface area contributed by atoms with Crippen LogP contribution in [0, 0.1) is 5.82 Å². The number of para-hydroxylation sites is 1. The van der Waals surface area contributed by atoms with Crippen LogP contribution in [0.25, 0.3) is 5.69 Å². The van der Waals surface area contributed by atoms with Crippen molar-refractivity contribution in [2.75, 3.05) is 6.54 Å². The number of carboxylic acid groups (broad SMARTS) is 1. The van der Waals surface area contributed by atoms with Crippen LogP contribution in [-0.4, -0.2) is 38.2 Å². The van der Waals surface area contributed by atoms with Crippen molar-refractivity contribution in [3.63, 3.8) is 0 Å². The Balaban J connectivity index is 2.15. The van der Waals surface area contributed by atoms with Crippen molar-refractivity contribution in [3.05, 3.63) is 47.0 Å². The Morgan fingerprint density at radius 3 is 2.68 bits per heavy atom. The molecule has 3 rings (SSSR count). The van der Waals surface area contributed by atoms with Crippen LogP contribution >= 0.6 is 0 Å². The molecule has 1 N–H and O–H groups in total. The molecule has 1 aliphatic heterocycles. The van der Waals surface area contributed by atoms with Gasteiger partial charge < -0.3 is 10.0 Å². The molecular weight excluding hydrogens is 289 g/mol. The fourth-order valence-electron chi connectivity index (χ4n) is 2.68. The van der Waals surface area contributed by atoms with E-state index in [1.165, 1.54) is 17.7 Å². The van der Waals surface area contributed by atoms with E-state index in [-0.39, 0.29) is 23.8 Å². The Morgan fingerprint density at radius 2 is 2.05 bits per heavy atom. The molecule has 2 heterocycles. The van der Waals surface area contributed by atoms with Crippen molar-refractivity contribution in [2.45, 2.75) is 19.9 Å². The van der Waals surface area contributed by atoms with E-state index >= 15 is 0 Å². The minimum atomic E-state index is -1.18. The predicted molar refractivity (Wildman–Crippen MR) is 75.3 cm³/mol. The van der Waals surface area contributed by atoms with Crippen LogP contribution in [0.2, 0.25) is 0 Å². The minimum Gasteiger partial charge on any atom is -0.476 e. The molecule has 0 saturated carbocycles. The zero-order chi connectivity index (χ0) is 15.9. The lowest BCUT2D eigenvalue weighted by Gasteiger charge is -2.26. The molecule has 0 saturated heterocycles. The maximum atomic E-state index is 14.0. The summed E-state index contributed by atoms with van der Waals surface area (Å²) in [5, 5.41) is 13.4. The molecule has 1 aliphatic rings. The van der Waals surface area contributed by atoms with Crippen molar-refractivity contribution >= 4 is 11.9 Å². The summed E-state index contributed by atoms with van der Waals surface area (Å²) in [5.41, 5.74) is 1.18. The molecule has 6 nitrogen and oxygen atoms in total. The van der Waals surface area contributed by atoms with Crippen LogP contribution < -0.4 is 0 Å². The third-order valence-electron chi connectivity index (χ3n) is 3.79. The second kappa shape index (κ2) is 5.25. The number of carbonyl (C=O) groups excluding carboxylic acids is 1. The van der Waals surface area contributed by atoms with Gasteiger partial charge in [-0.05, 0) is 12.1 Å². The lowest BCUT2D eigenvalue weighted by Crippen LogP contribution is -2.35. The Kier molecular flexibility index (Phi) is 3.40. The smallest absolute Gasteiger partial charge is 0.356 e. The number of hydrogen-bond donors (Lipinski definition) is 1. The quantitative estimate of drug-likeness (QED) is 0.914. The summed E-state index contributed by atoms with van der Waals surface area (Å²) < 4.78 is 15.3. The van der Waals surface area contributed by atoms with E-state index in [4.69, 9.17) is 0 Å². The van der Waals surface area contributed by atoms with Gasteiger partial charge in [-0.15, -0.1) is 0 Å². The van der Waals surface area contributed by atoms with Crippen LogP contribution in [0.4, 0.5) is 4.39 Å². The van der Waals surface area contributed by atoms with Gasteiger partial charge in [-0.3, -0.25) is 4.79 Å². The van der Waals surface area contributed by atoms with Crippen LogP contribution in [0.3, 0.4) is 0 Å².